The van der Waals surface area contributed by atoms with E-state index in [1.54, 1.807) is 0 Å². The number of nitrogens with zero attached hydrogens (tertiary/aromatic N) is 3. The van der Waals surface area contributed by atoms with Crippen molar-refractivity contribution in [1.82, 2.24) is 15.1 Å². The molecule has 0 aliphatic carbocycles. The molecule has 2 heterocycles. The number of ether oxygens (including phenoxy) is 2. The van der Waals surface area contributed by atoms with Crippen LogP contribution in [0.3, 0.4) is 0 Å². The summed E-state index contributed by atoms with van der Waals surface area (Å²) >= 11 is 0. The average molecular weight is 380 g/mol. The fraction of sp³-hybridized carbons (Fsp3) is 0.455. The molecule has 0 unspecified atom stereocenters. The zero-order valence-corrected chi connectivity index (χ0v) is 16.9. The predicted molar refractivity (Wildman–Crippen MR) is 111 cm³/mol. The molecule has 2 aromatic rings. The summed E-state index contributed by atoms with van der Waals surface area (Å²) < 4.78 is 11.1. The van der Waals surface area contributed by atoms with Crippen LogP contribution >= 0.6 is 0 Å². The Hall–Kier alpha value is -2.62. The third-order valence-electron chi connectivity index (χ3n) is 4.87. The van der Waals surface area contributed by atoms with E-state index in [1.807, 2.05) is 38.1 Å². The highest BCUT2D eigenvalue weighted by Gasteiger charge is 2.18. The van der Waals surface area contributed by atoms with Crippen LogP contribution < -0.4 is 10.1 Å². The first-order valence-corrected chi connectivity index (χ1v) is 9.71. The number of likely N-dealkylation sites (N-methyl/N-ethyl adjacent to an activating group) is 1. The van der Waals surface area contributed by atoms with Crippen molar-refractivity contribution < 1.29 is 9.47 Å². The highest BCUT2D eigenvalue weighted by atomic mass is 16.7. The molecule has 3 rings (SSSR count). The van der Waals surface area contributed by atoms with E-state index in [0.29, 0.717) is 18.4 Å². The number of rotatable bonds is 7. The summed E-state index contributed by atoms with van der Waals surface area (Å²) in [5.74, 6) is 4.09. The Balaban J connectivity index is 1.82. The normalized spacial score (nSPS) is 17.1. The fourth-order valence-corrected chi connectivity index (χ4v) is 3.43. The van der Waals surface area contributed by atoms with Crippen LogP contribution in [0.5, 0.6) is 5.75 Å². The van der Waals surface area contributed by atoms with Crippen molar-refractivity contribution in [3.63, 3.8) is 0 Å². The summed E-state index contributed by atoms with van der Waals surface area (Å²) in [6.07, 6.45) is 7.88. The van der Waals surface area contributed by atoms with E-state index in [2.05, 4.69) is 33.4 Å². The molecule has 148 valence electrons. The van der Waals surface area contributed by atoms with Gasteiger partial charge in [0.05, 0.1) is 5.69 Å². The lowest BCUT2D eigenvalue weighted by molar-refractivity contribution is 0.0227. The molecule has 1 aromatic carbocycles. The Morgan fingerprint density at radius 1 is 1.32 bits per heavy atom. The van der Waals surface area contributed by atoms with Gasteiger partial charge in [-0.05, 0) is 70.1 Å². The monoisotopic (exact) mass is 380 g/mol. The Morgan fingerprint density at radius 3 is 2.89 bits per heavy atom. The van der Waals surface area contributed by atoms with E-state index < -0.39 is 0 Å². The van der Waals surface area contributed by atoms with Crippen molar-refractivity contribution in [3.8, 4) is 29.4 Å². The van der Waals surface area contributed by atoms with Crippen molar-refractivity contribution in [1.29, 1.82) is 0 Å². The Morgan fingerprint density at radius 2 is 2.18 bits per heavy atom. The number of benzene rings is 1. The van der Waals surface area contributed by atoms with E-state index in [0.717, 1.165) is 47.7 Å². The molecule has 1 fully saturated rings. The Bertz CT molecular complexity index is 847. The van der Waals surface area contributed by atoms with Gasteiger partial charge < -0.3 is 19.7 Å². The van der Waals surface area contributed by atoms with Gasteiger partial charge >= 0.3 is 0 Å². The minimum absolute atomic E-state index is 0.166. The number of anilines is 1. The molecule has 1 saturated heterocycles. The number of terminal acetylenes is 1. The van der Waals surface area contributed by atoms with Gasteiger partial charge in [0, 0.05) is 30.3 Å². The summed E-state index contributed by atoms with van der Waals surface area (Å²) in [5, 5.41) is 12.4. The number of likely N-dealkylation sites (tertiary alicyclic amines) is 1. The highest BCUT2D eigenvalue weighted by molar-refractivity contribution is 5.71. The van der Waals surface area contributed by atoms with Crippen molar-refractivity contribution >= 4 is 5.82 Å². The van der Waals surface area contributed by atoms with Gasteiger partial charge in [0.25, 0.3) is 0 Å². The van der Waals surface area contributed by atoms with Gasteiger partial charge in [-0.15, -0.1) is 16.6 Å². The fourth-order valence-electron chi connectivity index (χ4n) is 3.43. The average Bonchev–Trinajstić information content (AvgIpc) is 2.68. The maximum atomic E-state index is 5.79. The molecule has 1 aliphatic heterocycles. The van der Waals surface area contributed by atoms with Crippen LogP contribution in [0, 0.1) is 19.3 Å². The molecular weight excluding hydrogens is 352 g/mol. The van der Waals surface area contributed by atoms with Crippen LogP contribution in [-0.2, 0) is 4.74 Å². The first kappa shape index (κ1) is 20.1. The third-order valence-corrected chi connectivity index (χ3v) is 4.87. The quantitative estimate of drug-likeness (QED) is 0.452. The highest BCUT2D eigenvalue weighted by Crippen LogP contribution is 2.32. The van der Waals surface area contributed by atoms with Crippen LogP contribution in [0.15, 0.2) is 24.3 Å². The zero-order valence-electron chi connectivity index (χ0n) is 16.9. The molecule has 28 heavy (non-hydrogen) atoms. The number of nitrogens with one attached hydrogen (secondary N) is 1. The molecular formula is C22H28N4O2. The van der Waals surface area contributed by atoms with Crippen molar-refractivity contribution in [2.45, 2.75) is 32.7 Å². The molecule has 1 aromatic heterocycles. The first-order chi connectivity index (χ1) is 13.6. The van der Waals surface area contributed by atoms with Gasteiger partial charge in [0.1, 0.15) is 11.6 Å². The predicted octanol–water partition coefficient (Wildman–Crippen LogP) is 3.31. The summed E-state index contributed by atoms with van der Waals surface area (Å²) in [7, 11) is 2.15. The summed E-state index contributed by atoms with van der Waals surface area (Å²) in [5.41, 5.74) is 3.41. The molecule has 1 aliphatic rings. The van der Waals surface area contributed by atoms with Crippen molar-refractivity contribution in [2.24, 2.45) is 0 Å². The zero-order chi connectivity index (χ0) is 19.9. The SMILES string of the molecule is C#Cc1ccc(-c2nnc(N[C@@H]3CCCN(C)C3)cc2C)c(OCOCC)c1. The lowest BCUT2D eigenvalue weighted by atomic mass is 10.0. The molecule has 0 spiro atoms. The Kier molecular flexibility index (Phi) is 6.85. The molecule has 0 amide bonds. The van der Waals surface area contributed by atoms with E-state index in [4.69, 9.17) is 15.9 Å². The van der Waals surface area contributed by atoms with Gasteiger partial charge in [0.15, 0.2) is 6.79 Å². The summed E-state index contributed by atoms with van der Waals surface area (Å²) in [6, 6.07) is 8.08. The van der Waals surface area contributed by atoms with Crippen LogP contribution in [-0.4, -0.2) is 54.7 Å². The van der Waals surface area contributed by atoms with E-state index in [1.165, 1.54) is 6.42 Å². The minimum atomic E-state index is 0.166. The van der Waals surface area contributed by atoms with Crippen molar-refractivity contribution in [2.75, 3.05) is 38.9 Å². The lowest BCUT2D eigenvalue weighted by Crippen LogP contribution is -2.39. The topological polar surface area (TPSA) is 59.5 Å². The number of aryl methyl sites for hydroxylation is 1. The van der Waals surface area contributed by atoms with Gasteiger partial charge in [0.2, 0.25) is 0 Å². The van der Waals surface area contributed by atoms with Crippen LogP contribution in [0.2, 0.25) is 0 Å². The number of hydrogen-bond donors (Lipinski definition) is 1. The summed E-state index contributed by atoms with van der Waals surface area (Å²) in [6.45, 7) is 6.88. The van der Waals surface area contributed by atoms with Gasteiger partial charge in [-0.3, -0.25) is 0 Å². The summed E-state index contributed by atoms with van der Waals surface area (Å²) in [4.78, 5) is 2.34. The third kappa shape index (κ3) is 5.00. The van der Waals surface area contributed by atoms with E-state index >= 15 is 0 Å². The second kappa shape index (κ2) is 9.54. The standard InChI is InChI=1S/C22H28N4O2/c1-5-17-9-10-19(20(13-17)28-15-27-6-2)22-16(3)12-21(24-25-22)23-18-8-7-11-26(4)14-18/h1,9-10,12-13,18H,6-8,11,14-15H2,2-4H3,(H,23,24)/t18-/m1/s1. The molecule has 6 heteroatoms. The molecule has 6 nitrogen and oxygen atoms in total. The molecule has 1 N–H and O–H groups in total. The minimum Gasteiger partial charge on any atom is -0.467 e. The van der Waals surface area contributed by atoms with Crippen LogP contribution in [0.1, 0.15) is 30.9 Å². The number of hydrogen-bond acceptors (Lipinski definition) is 6. The Labute approximate surface area is 167 Å². The van der Waals surface area contributed by atoms with Crippen molar-refractivity contribution in [3.05, 3.63) is 35.4 Å². The van der Waals surface area contributed by atoms with Gasteiger partial charge in [-0.25, -0.2) is 0 Å². The second-order valence-electron chi connectivity index (χ2n) is 7.12. The number of aromatic nitrogens is 2. The molecule has 0 bridgehead atoms. The van der Waals surface area contributed by atoms with E-state index in [-0.39, 0.29) is 6.79 Å². The van der Waals surface area contributed by atoms with Gasteiger partial charge in [-0.2, -0.15) is 0 Å². The van der Waals surface area contributed by atoms with E-state index in [9.17, 15) is 0 Å². The largest absolute Gasteiger partial charge is 0.467 e. The molecule has 1 atom stereocenters. The molecule has 0 saturated carbocycles. The number of piperidine rings is 1. The maximum Gasteiger partial charge on any atom is 0.189 e. The van der Waals surface area contributed by atoms with Gasteiger partial charge in [-0.1, -0.05) is 5.92 Å². The smallest absolute Gasteiger partial charge is 0.189 e. The molecule has 0 radical (unpaired) electrons. The maximum absolute atomic E-state index is 5.79. The van der Waals surface area contributed by atoms with Crippen LogP contribution in [0.4, 0.5) is 5.82 Å². The van der Waals surface area contributed by atoms with Crippen LogP contribution in [0.25, 0.3) is 11.3 Å². The lowest BCUT2D eigenvalue weighted by Gasteiger charge is -2.30. The second-order valence-corrected chi connectivity index (χ2v) is 7.12. The first-order valence-electron chi connectivity index (χ1n) is 9.71.